The third-order valence-corrected chi connectivity index (χ3v) is 6.60. The number of carbonyl (C=O) groups excluding carboxylic acids is 1. The molecule has 3 heterocycles. The summed E-state index contributed by atoms with van der Waals surface area (Å²) in [6.07, 6.45) is 4.40. The molecule has 0 saturated carbocycles. The Labute approximate surface area is 204 Å². The molecule has 1 amide bonds. The van der Waals surface area contributed by atoms with E-state index in [4.69, 9.17) is 10.2 Å². The van der Waals surface area contributed by atoms with E-state index in [1.54, 1.807) is 6.07 Å². The van der Waals surface area contributed by atoms with Gasteiger partial charge in [-0.25, -0.2) is 0 Å². The average molecular weight is 478 g/mol. The van der Waals surface area contributed by atoms with Crippen LogP contribution in [0.4, 0.5) is 5.69 Å². The molecule has 7 nitrogen and oxygen atoms in total. The van der Waals surface area contributed by atoms with Crippen molar-refractivity contribution in [3.05, 3.63) is 65.5 Å². The number of piperazine rings is 1. The molecular formula is C26H28ClN5O2. The van der Waals surface area contributed by atoms with Gasteiger partial charge in [0.05, 0.1) is 17.7 Å². The van der Waals surface area contributed by atoms with Crippen LogP contribution in [0.1, 0.15) is 47.5 Å². The standard InChI is InChI=1S/C26H27N5O2.ClH/c1-2-3-8-30-9-10-31(19-5-7-24-18(12-19)13-25(33-24)26(28)32)16-23(30)21-15-29-22-6-4-17(14-27)11-20(21)22;/h4-7,11-13,15,23,29H,2-3,8-10,16H2,1H3,(H2,28,32);1H. The number of unbranched alkanes of at least 4 members (excludes halogenated alkanes) is 1. The Bertz CT molecular complexity index is 1370. The van der Waals surface area contributed by atoms with Crippen molar-refractivity contribution in [3.8, 4) is 6.07 Å². The summed E-state index contributed by atoms with van der Waals surface area (Å²) in [4.78, 5) is 19.8. The molecule has 1 saturated heterocycles. The van der Waals surface area contributed by atoms with Gasteiger partial charge in [-0.2, -0.15) is 5.26 Å². The lowest BCUT2D eigenvalue weighted by Crippen LogP contribution is -2.48. The number of fused-ring (bicyclic) bond motifs is 2. The number of benzene rings is 2. The molecular weight excluding hydrogens is 450 g/mol. The summed E-state index contributed by atoms with van der Waals surface area (Å²) in [6, 6.07) is 16.0. The smallest absolute Gasteiger partial charge is 0.284 e. The van der Waals surface area contributed by atoms with Crippen LogP contribution in [0.5, 0.6) is 0 Å². The number of aromatic amines is 1. The Morgan fingerprint density at radius 3 is 2.85 bits per heavy atom. The highest BCUT2D eigenvalue weighted by atomic mass is 35.5. The van der Waals surface area contributed by atoms with E-state index < -0.39 is 5.91 Å². The van der Waals surface area contributed by atoms with Crippen LogP contribution in [0.25, 0.3) is 21.9 Å². The van der Waals surface area contributed by atoms with Crippen LogP contribution < -0.4 is 10.6 Å². The Morgan fingerprint density at radius 2 is 2.09 bits per heavy atom. The first kappa shape index (κ1) is 23.7. The molecule has 0 aliphatic carbocycles. The van der Waals surface area contributed by atoms with Gasteiger partial charge in [0.2, 0.25) is 0 Å². The second kappa shape index (κ2) is 9.80. The zero-order valence-electron chi connectivity index (χ0n) is 19.1. The number of primary amides is 1. The Morgan fingerprint density at radius 1 is 1.24 bits per heavy atom. The Kier molecular flexibility index (Phi) is 6.82. The number of nitrogens with one attached hydrogen (secondary N) is 1. The van der Waals surface area contributed by atoms with Crippen LogP contribution in [-0.2, 0) is 0 Å². The highest BCUT2D eigenvalue weighted by Crippen LogP contribution is 2.34. The van der Waals surface area contributed by atoms with Gasteiger partial charge in [0.25, 0.3) is 5.91 Å². The molecule has 2 aromatic carbocycles. The number of hydrogen-bond donors (Lipinski definition) is 2. The van der Waals surface area contributed by atoms with Crippen LogP contribution in [0.3, 0.4) is 0 Å². The van der Waals surface area contributed by atoms with E-state index in [2.05, 4.69) is 40.0 Å². The van der Waals surface area contributed by atoms with E-state index in [9.17, 15) is 10.1 Å². The normalized spacial score (nSPS) is 16.5. The number of nitriles is 1. The number of anilines is 1. The molecule has 3 N–H and O–H groups in total. The number of amides is 1. The van der Waals surface area contributed by atoms with Gasteiger partial charge in [-0.05, 0) is 61.0 Å². The molecule has 1 aliphatic rings. The Balaban J connectivity index is 0.00000274. The minimum atomic E-state index is -0.562. The fraction of sp³-hybridized carbons (Fsp3) is 0.308. The first-order valence-corrected chi connectivity index (χ1v) is 11.4. The van der Waals surface area contributed by atoms with Crippen molar-refractivity contribution in [1.29, 1.82) is 5.26 Å². The monoisotopic (exact) mass is 477 g/mol. The molecule has 2 aromatic heterocycles. The van der Waals surface area contributed by atoms with Crippen molar-refractivity contribution in [2.24, 2.45) is 5.73 Å². The summed E-state index contributed by atoms with van der Waals surface area (Å²) in [5.41, 5.74) is 10.1. The second-order valence-electron chi connectivity index (χ2n) is 8.66. The zero-order valence-corrected chi connectivity index (χ0v) is 19.9. The lowest BCUT2D eigenvalue weighted by Gasteiger charge is -2.42. The summed E-state index contributed by atoms with van der Waals surface area (Å²) in [5.74, 6) is -0.384. The third kappa shape index (κ3) is 4.35. The molecule has 0 spiro atoms. The minimum Gasteiger partial charge on any atom is -0.451 e. The first-order valence-electron chi connectivity index (χ1n) is 11.4. The first-order chi connectivity index (χ1) is 16.1. The number of H-pyrrole nitrogens is 1. The molecule has 5 rings (SSSR count). The molecule has 8 heteroatoms. The topological polar surface area (TPSA) is 102 Å². The predicted octanol–water partition coefficient (Wildman–Crippen LogP) is 4.97. The largest absolute Gasteiger partial charge is 0.451 e. The van der Waals surface area contributed by atoms with Crippen LogP contribution in [0.2, 0.25) is 0 Å². The highest BCUT2D eigenvalue weighted by molar-refractivity contribution is 5.95. The minimum absolute atomic E-state index is 0. The summed E-state index contributed by atoms with van der Waals surface area (Å²) < 4.78 is 5.55. The summed E-state index contributed by atoms with van der Waals surface area (Å²) >= 11 is 0. The van der Waals surface area contributed by atoms with Gasteiger partial charge in [0, 0.05) is 47.8 Å². The van der Waals surface area contributed by atoms with E-state index in [1.165, 1.54) is 5.56 Å². The van der Waals surface area contributed by atoms with Crippen molar-refractivity contribution in [2.45, 2.75) is 25.8 Å². The van der Waals surface area contributed by atoms with Gasteiger partial charge in [-0.1, -0.05) is 13.3 Å². The molecule has 1 aliphatic heterocycles. The zero-order chi connectivity index (χ0) is 22.9. The molecule has 176 valence electrons. The van der Waals surface area contributed by atoms with Gasteiger partial charge in [-0.15, -0.1) is 12.4 Å². The van der Waals surface area contributed by atoms with Crippen molar-refractivity contribution in [3.63, 3.8) is 0 Å². The number of hydrogen-bond acceptors (Lipinski definition) is 5. The molecule has 0 bridgehead atoms. The Hall–Kier alpha value is -3.47. The van der Waals surface area contributed by atoms with Crippen molar-refractivity contribution < 1.29 is 9.21 Å². The second-order valence-corrected chi connectivity index (χ2v) is 8.66. The maximum Gasteiger partial charge on any atom is 0.284 e. The molecule has 34 heavy (non-hydrogen) atoms. The maximum atomic E-state index is 11.5. The number of rotatable bonds is 6. The third-order valence-electron chi connectivity index (χ3n) is 6.60. The highest BCUT2D eigenvalue weighted by Gasteiger charge is 2.30. The van der Waals surface area contributed by atoms with Crippen molar-refractivity contribution >= 4 is 45.9 Å². The lowest BCUT2D eigenvalue weighted by molar-refractivity contribution is 0.0976. The van der Waals surface area contributed by atoms with E-state index in [-0.39, 0.29) is 24.2 Å². The fourth-order valence-corrected chi connectivity index (χ4v) is 4.82. The van der Waals surface area contributed by atoms with Crippen molar-refractivity contribution in [1.82, 2.24) is 9.88 Å². The van der Waals surface area contributed by atoms with Gasteiger partial charge in [-0.3, -0.25) is 9.69 Å². The van der Waals surface area contributed by atoms with Crippen LogP contribution >= 0.6 is 12.4 Å². The quantitative estimate of drug-likeness (QED) is 0.408. The number of nitrogens with zero attached hydrogens (tertiary/aromatic N) is 3. The van der Waals surface area contributed by atoms with Gasteiger partial charge in [0.15, 0.2) is 5.76 Å². The van der Waals surface area contributed by atoms with E-state index in [1.807, 2.05) is 30.3 Å². The lowest BCUT2D eigenvalue weighted by atomic mass is 9.99. The average Bonchev–Trinajstić information content (AvgIpc) is 3.46. The van der Waals surface area contributed by atoms with Gasteiger partial charge in [0.1, 0.15) is 5.58 Å². The summed E-state index contributed by atoms with van der Waals surface area (Å²) in [6.45, 7) is 5.96. The fourth-order valence-electron chi connectivity index (χ4n) is 4.82. The number of carbonyl (C=O) groups is 1. The molecule has 0 radical (unpaired) electrons. The van der Waals surface area contributed by atoms with Crippen LogP contribution in [-0.4, -0.2) is 42.0 Å². The van der Waals surface area contributed by atoms with Crippen LogP contribution in [0.15, 0.2) is 53.1 Å². The molecule has 1 atom stereocenters. The van der Waals surface area contributed by atoms with Gasteiger partial charge < -0.3 is 20.0 Å². The SMILES string of the molecule is CCCCN1CCN(c2ccc3oc(C(N)=O)cc3c2)CC1c1c[nH]c2ccc(C#N)cc12.Cl. The predicted molar refractivity (Wildman–Crippen MR) is 136 cm³/mol. The van der Waals surface area contributed by atoms with Crippen molar-refractivity contribution in [2.75, 3.05) is 31.1 Å². The maximum absolute atomic E-state index is 11.5. The number of halogens is 1. The summed E-state index contributed by atoms with van der Waals surface area (Å²) in [5, 5.41) is 11.4. The number of furan rings is 1. The number of aromatic nitrogens is 1. The van der Waals surface area contributed by atoms with Crippen LogP contribution in [0, 0.1) is 11.3 Å². The van der Waals surface area contributed by atoms with Gasteiger partial charge >= 0.3 is 0 Å². The molecule has 1 unspecified atom stereocenters. The number of nitrogens with two attached hydrogens (primary N) is 1. The van der Waals surface area contributed by atoms with E-state index >= 15 is 0 Å². The van der Waals surface area contributed by atoms with E-state index in [0.717, 1.165) is 61.0 Å². The molecule has 1 fully saturated rings. The van der Waals surface area contributed by atoms with E-state index in [0.29, 0.717) is 11.1 Å². The summed E-state index contributed by atoms with van der Waals surface area (Å²) in [7, 11) is 0. The molecule has 4 aromatic rings.